The number of quaternary nitrogens is 1. The Labute approximate surface area is 108 Å². The number of methoxy groups -OCH3 is 1. The van der Waals surface area contributed by atoms with E-state index in [1.54, 1.807) is 7.11 Å². The average Bonchev–Trinajstić information content (AvgIpc) is 2.77. The van der Waals surface area contributed by atoms with Crippen LogP contribution in [-0.2, 0) is 14.3 Å². The number of aliphatic carboxylic acids is 1. The van der Waals surface area contributed by atoms with E-state index in [1.807, 2.05) is 12.5 Å². The van der Waals surface area contributed by atoms with Crippen LogP contribution in [-0.4, -0.2) is 57.3 Å². The summed E-state index contributed by atoms with van der Waals surface area (Å²) in [6.07, 6.45) is 5.78. The minimum absolute atomic E-state index is 0.0519. The molecule has 0 saturated heterocycles. The summed E-state index contributed by atoms with van der Waals surface area (Å²) in [4.78, 5) is 13.8. The molecule has 104 valence electrons. The van der Waals surface area contributed by atoms with E-state index in [-0.39, 0.29) is 13.0 Å². The van der Waals surface area contributed by atoms with E-state index in [9.17, 15) is 9.90 Å². The summed E-state index contributed by atoms with van der Waals surface area (Å²) in [6.45, 7) is 4.35. The van der Waals surface area contributed by atoms with Gasteiger partial charge in [-0.25, -0.2) is 4.99 Å². The van der Waals surface area contributed by atoms with E-state index in [0.29, 0.717) is 13.2 Å². The molecule has 0 saturated carbocycles. The molecule has 6 heteroatoms. The molecule has 1 atom stereocenters. The molecule has 0 N–H and O–H groups in total. The van der Waals surface area contributed by atoms with Crippen LogP contribution in [0, 0.1) is 0 Å². The fourth-order valence-electron chi connectivity index (χ4n) is 1.01. The highest BCUT2D eigenvalue weighted by molar-refractivity contribution is 5.64. The topological polar surface area (TPSA) is 71.0 Å². The summed E-state index contributed by atoms with van der Waals surface area (Å²) in [5, 5.41) is 9.81. The standard InChI is InChI=1S/C6H11N2.C6H12O4/c1-3-8(2)5-4-7-6-8;1-9-4-5-10-3-2-6(7)8/h4-6H,3H2,1-2H3;2-5H2,1H3,(H,7,8)/q+1;/p-1. The Kier molecular flexibility index (Phi) is 9.08. The van der Waals surface area contributed by atoms with Gasteiger partial charge in [-0.1, -0.05) is 0 Å². The maximum atomic E-state index is 9.81. The van der Waals surface area contributed by atoms with Crippen LogP contribution in [0.25, 0.3) is 0 Å². The number of ether oxygens (including phenoxy) is 2. The lowest BCUT2D eigenvalue weighted by molar-refractivity contribution is -0.753. The van der Waals surface area contributed by atoms with Crippen LogP contribution in [0.5, 0.6) is 0 Å². The highest BCUT2D eigenvalue weighted by atomic mass is 16.5. The molecule has 0 fully saturated rings. The van der Waals surface area contributed by atoms with Crippen LogP contribution in [0.1, 0.15) is 13.3 Å². The number of carboxylic acid groups (broad SMARTS) is 1. The third kappa shape index (κ3) is 8.86. The van der Waals surface area contributed by atoms with Crippen LogP contribution in [0.3, 0.4) is 0 Å². The first kappa shape index (κ1) is 16.8. The minimum atomic E-state index is -1.09. The molecule has 0 amide bonds. The van der Waals surface area contributed by atoms with Gasteiger partial charge in [0.25, 0.3) is 0 Å². The van der Waals surface area contributed by atoms with Crippen LogP contribution in [0.15, 0.2) is 17.4 Å². The molecular formula is C12H22N2O4. The van der Waals surface area contributed by atoms with Gasteiger partial charge in [0.2, 0.25) is 0 Å². The highest BCUT2D eigenvalue weighted by Gasteiger charge is 2.14. The Bertz CT molecular complexity index is 278. The second-order valence-electron chi connectivity index (χ2n) is 3.95. The number of hydrogen-bond acceptors (Lipinski definition) is 5. The summed E-state index contributed by atoms with van der Waals surface area (Å²) >= 11 is 0. The lowest BCUT2D eigenvalue weighted by Gasteiger charge is -2.18. The summed E-state index contributed by atoms with van der Waals surface area (Å²) in [5.41, 5.74) is 0. The van der Waals surface area contributed by atoms with Gasteiger partial charge in [-0.2, -0.15) is 0 Å². The summed E-state index contributed by atoms with van der Waals surface area (Å²) in [6, 6.07) is 0. The monoisotopic (exact) mass is 258 g/mol. The van der Waals surface area contributed by atoms with Crippen molar-refractivity contribution in [3.05, 3.63) is 12.4 Å². The zero-order valence-corrected chi connectivity index (χ0v) is 11.3. The summed E-state index contributed by atoms with van der Waals surface area (Å²) in [5.74, 6) is -1.09. The van der Waals surface area contributed by atoms with E-state index in [4.69, 9.17) is 4.74 Å². The molecule has 0 aliphatic carbocycles. The molecular weight excluding hydrogens is 236 g/mol. The van der Waals surface area contributed by atoms with E-state index < -0.39 is 5.97 Å². The molecule has 0 radical (unpaired) electrons. The largest absolute Gasteiger partial charge is 0.550 e. The van der Waals surface area contributed by atoms with Crippen molar-refractivity contribution in [3.63, 3.8) is 0 Å². The van der Waals surface area contributed by atoms with Crippen molar-refractivity contribution in [2.45, 2.75) is 13.3 Å². The predicted octanol–water partition coefficient (Wildman–Crippen LogP) is -0.245. The Morgan fingerprint density at radius 3 is 2.50 bits per heavy atom. The number of carbonyl (C=O) groups is 1. The molecule has 0 aromatic rings. The van der Waals surface area contributed by atoms with Crippen molar-refractivity contribution in [1.29, 1.82) is 0 Å². The van der Waals surface area contributed by atoms with Crippen LogP contribution in [0.2, 0.25) is 0 Å². The second-order valence-corrected chi connectivity index (χ2v) is 3.95. The third-order valence-corrected chi connectivity index (χ3v) is 2.39. The number of nitrogens with zero attached hydrogens (tertiary/aromatic N) is 2. The lowest BCUT2D eigenvalue weighted by atomic mass is 10.5. The molecule has 18 heavy (non-hydrogen) atoms. The van der Waals surface area contributed by atoms with Crippen molar-refractivity contribution in [1.82, 2.24) is 0 Å². The van der Waals surface area contributed by atoms with Gasteiger partial charge >= 0.3 is 0 Å². The molecule has 1 rings (SSSR count). The maximum Gasteiger partial charge on any atom is 0.194 e. The van der Waals surface area contributed by atoms with Gasteiger partial charge in [-0.3, -0.25) is 4.48 Å². The van der Waals surface area contributed by atoms with Crippen molar-refractivity contribution in [3.8, 4) is 0 Å². The van der Waals surface area contributed by atoms with Crippen molar-refractivity contribution in [2.75, 3.05) is 40.5 Å². The second kappa shape index (κ2) is 9.76. The summed E-state index contributed by atoms with van der Waals surface area (Å²) in [7, 11) is 3.68. The molecule has 1 aliphatic heterocycles. The SMILES string of the molecule is CC[N+]1(C)C=CN=C1.COCCOCCC(=O)[O-]. The van der Waals surface area contributed by atoms with Gasteiger partial charge < -0.3 is 19.4 Å². The molecule has 1 unspecified atom stereocenters. The molecule has 0 spiro atoms. The molecule has 0 bridgehead atoms. The molecule has 0 aromatic heterocycles. The van der Waals surface area contributed by atoms with Gasteiger partial charge in [0, 0.05) is 19.5 Å². The Balaban J connectivity index is 0.000000327. The third-order valence-electron chi connectivity index (χ3n) is 2.39. The fourth-order valence-corrected chi connectivity index (χ4v) is 1.01. The zero-order chi connectivity index (χ0) is 13.9. The Morgan fingerprint density at radius 1 is 1.39 bits per heavy atom. The maximum absolute atomic E-state index is 9.81. The molecule has 1 aliphatic rings. The van der Waals surface area contributed by atoms with Crippen LogP contribution in [0.4, 0.5) is 0 Å². The first-order chi connectivity index (χ1) is 8.54. The number of carboxylic acids is 1. The normalized spacial score (nSPS) is 20.6. The van der Waals surface area contributed by atoms with Crippen LogP contribution >= 0.6 is 0 Å². The Morgan fingerprint density at radius 2 is 2.11 bits per heavy atom. The fraction of sp³-hybridized carbons (Fsp3) is 0.667. The first-order valence-corrected chi connectivity index (χ1v) is 5.87. The van der Waals surface area contributed by atoms with E-state index in [0.717, 1.165) is 11.0 Å². The van der Waals surface area contributed by atoms with E-state index in [2.05, 4.69) is 29.9 Å². The number of aliphatic imine (C=N–C) groups is 1. The lowest BCUT2D eigenvalue weighted by Crippen LogP contribution is -2.33. The van der Waals surface area contributed by atoms with Gasteiger partial charge in [0.1, 0.15) is 6.20 Å². The predicted molar refractivity (Wildman–Crippen MR) is 66.7 cm³/mol. The molecule has 6 nitrogen and oxygen atoms in total. The molecule has 0 aromatic carbocycles. The minimum Gasteiger partial charge on any atom is -0.550 e. The van der Waals surface area contributed by atoms with E-state index >= 15 is 0 Å². The van der Waals surface area contributed by atoms with Gasteiger partial charge in [-0.05, 0) is 6.92 Å². The molecule has 1 heterocycles. The average molecular weight is 258 g/mol. The van der Waals surface area contributed by atoms with Gasteiger partial charge in [0.05, 0.1) is 39.6 Å². The Hall–Kier alpha value is -1.24. The van der Waals surface area contributed by atoms with Crippen molar-refractivity contribution < 1.29 is 23.9 Å². The van der Waals surface area contributed by atoms with Crippen molar-refractivity contribution in [2.24, 2.45) is 4.99 Å². The smallest absolute Gasteiger partial charge is 0.194 e. The number of carbonyl (C=O) groups excluding carboxylic acids is 1. The van der Waals surface area contributed by atoms with Gasteiger partial charge in [0.15, 0.2) is 6.34 Å². The first-order valence-electron chi connectivity index (χ1n) is 5.87. The zero-order valence-electron chi connectivity index (χ0n) is 11.3. The van der Waals surface area contributed by atoms with Crippen LogP contribution < -0.4 is 5.11 Å². The quantitative estimate of drug-likeness (QED) is 0.466. The number of rotatable bonds is 7. The summed E-state index contributed by atoms with van der Waals surface area (Å²) < 4.78 is 10.3. The number of hydrogen-bond donors (Lipinski definition) is 0. The van der Waals surface area contributed by atoms with E-state index in [1.165, 1.54) is 0 Å². The van der Waals surface area contributed by atoms with Gasteiger partial charge in [-0.15, -0.1) is 0 Å². The van der Waals surface area contributed by atoms with Crippen molar-refractivity contribution >= 4 is 12.3 Å². The highest BCUT2D eigenvalue weighted by Crippen LogP contribution is 2.04.